The van der Waals surface area contributed by atoms with Crippen molar-refractivity contribution in [3.63, 3.8) is 0 Å². The summed E-state index contributed by atoms with van der Waals surface area (Å²) in [6.45, 7) is 7.86. The van der Waals surface area contributed by atoms with E-state index in [9.17, 15) is 4.39 Å². The van der Waals surface area contributed by atoms with Crippen LogP contribution >= 0.6 is 11.6 Å². The molecule has 2 aromatic carbocycles. The van der Waals surface area contributed by atoms with E-state index < -0.39 is 0 Å². The summed E-state index contributed by atoms with van der Waals surface area (Å²) >= 11 is 6.38. The van der Waals surface area contributed by atoms with E-state index in [0.717, 1.165) is 30.8 Å². The number of aromatic nitrogens is 2. The quantitative estimate of drug-likeness (QED) is 0.441. The van der Waals surface area contributed by atoms with Gasteiger partial charge < -0.3 is 14.4 Å². The minimum atomic E-state index is -0.297. The number of nitrogens with zero attached hydrogens (tertiary/aromatic N) is 3. The molecule has 0 unspecified atom stereocenters. The number of hydrogen-bond acceptors (Lipinski definition) is 5. The first-order valence-electron chi connectivity index (χ1n) is 9.94. The van der Waals surface area contributed by atoms with E-state index in [1.807, 2.05) is 6.07 Å². The summed E-state index contributed by atoms with van der Waals surface area (Å²) < 4.78 is 24.8. The Bertz CT molecular complexity index is 967. The standard InChI is InChI=1S/C23H25ClFN3O2/c1-3-28(4-2)12-13-29-22-10-11-26-23(27-22)18-8-9-21(20(24)15-18)30-16-17-6-5-7-19(25)14-17/h5-11,14-15H,3-4,12-13,16H2,1-2H3. The van der Waals surface area contributed by atoms with Crippen molar-refractivity contribution in [2.24, 2.45) is 0 Å². The first kappa shape index (κ1) is 22.0. The fourth-order valence-electron chi connectivity index (χ4n) is 2.93. The molecule has 3 rings (SSSR count). The average molecular weight is 430 g/mol. The molecular weight excluding hydrogens is 405 g/mol. The molecule has 0 saturated carbocycles. The van der Waals surface area contributed by atoms with E-state index in [1.165, 1.54) is 12.1 Å². The third-order valence-electron chi connectivity index (χ3n) is 4.66. The zero-order valence-corrected chi connectivity index (χ0v) is 17.9. The number of hydrogen-bond donors (Lipinski definition) is 0. The van der Waals surface area contributed by atoms with Crippen molar-refractivity contribution in [2.45, 2.75) is 20.5 Å². The molecule has 0 fully saturated rings. The van der Waals surface area contributed by atoms with Crippen molar-refractivity contribution < 1.29 is 13.9 Å². The molecule has 0 aliphatic rings. The topological polar surface area (TPSA) is 47.5 Å². The summed E-state index contributed by atoms with van der Waals surface area (Å²) in [4.78, 5) is 11.1. The van der Waals surface area contributed by atoms with Crippen LogP contribution in [0.2, 0.25) is 5.02 Å². The summed E-state index contributed by atoms with van der Waals surface area (Å²) in [7, 11) is 0. The molecule has 3 aromatic rings. The van der Waals surface area contributed by atoms with Gasteiger partial charge in [-0.2, -0.15) is 4.98 Å². The maximum atomic E-state index is 13.3. The highest BCUT2D eigenvalue weighted by Crippen LogP contribution is 2.30. The van der Waals surface area contributed by atoms with Crippen LogP contribution in [0.25, 0.3) is 11.4 Å². The van der Waals surface area contributed by atoms with Crippen LogP contribution in [0.1, 0.15) is 19.4 Å². The Morgan fingerprint density at radius 3 is 2.60 bits per heavy atom. The summed E-state index contributed by atoms with van der Waals surface area (Å²) in [6.07, 6.45) is 1.66. The molecule has 7 heteroatoms. The van der Waals surface area contributed by atoms with Crippen LogP contribution in [0.3, 0.4) is 0 Å². The van der Waals surface area contributed by atoms with Crippen molar-refractivity contribution in [3.8, 4) is 23.0 Å². The van der Waals surface area contributed by atoms with E-state index in [1.54, 1.807) is 36.5 Å². The van der Waals surface area contributed by atoms with Crippen molar-refractivity contribution in [1.29, 1.82) is 0 Å². The smallest absolute Gasteiger partial charge is 0.216 e. The predicted molar refractivity (Wildman–Crippen MR) is 116 cm³/mol. The number of rotatable bonds is 10. The molecule has 5 nitrogen and oxygen atoms in total. The Morgan fingerprint density at radius 1 is 1.03 bits per heavy atom. The lowest BCUT2D eigenvalue weighted by molar-refractivity contribution is 0.218. The second-order valence-electron chi connectivity index (χ2n) is 6.66. The zero-order valence-electron chi connectivity index (χ0n) is 17.1. The minimum Gasteiger partial charge on any atom is -0.487 e. The molecule has 0 atom stereocenters. The summed E-state index contributed by atoms with van der Waals surface area (Å²) in [5.74, 6) is 1.26. The summed E-state index contributed by atoms with van der Waals surface area (Å²) in [6, 6.07) is 13.4. The normalized spacial score (nSPS) is 11.0. The summed E-state index contributed by atoms with van der Waals surface area (Å²) in [5.41, 5.74) is 1.49. The van der Waals surface area contributed by atoms with Gasteiger partial charge in [0.25, 0.3) is 0 Å². The van der Waals surface area contributed by atoms with Gasteiger partial charge in [-0.1, -0.05) is 37.6 Å². The van der Waals surface area contributed by atoms with Crippen molar-refractivity contribution >= 4 is 11.6 Å². The Hall–Kier alpha value is -2.70. The average Bonchev–Trinajstić information content (AvgIpc) is 2.76. The van der Waals surface area contributed by atoms with E-state index in [0.29, 0.717) is 29.1 Å². The first-order valence-corrected chi connectivity index (χ1v) is 10.3. The van der Waals surface area contributed by atoms with Crippen LogP contribution < -0.4 is 9.47 Å². The second-order valence-corrected chi connectivity index (χ2v) is 7.06. The molecular formula is C23H25ClFN3O2. The van der Waals surface area contributed by atoms with Crippen LogP contribution in [0.5, 0.6) is 11.6 Å². The zero-order chi connectivity index (χ0) is 21.3. The van der Waals surface area contributed by atoms with Gasteiger partial charge in [0.05, 0.1) is 5.02 Å². The van der Waals surface area contributed by atoms with Gasteiger partial charge in [-0.3, -0.25) is 0 Å². The molecule has 0 radical (unpaired) electrons. The molecule has 1 heterocycles. The SMILES string of the molecule is CCN(CC)CCOc1ccnc(-c2ccc(OCc3cccc(F)c3)c(Cl)c2)n1. The van der Waals surface area contributed by atoms with Gasteiger partial charge in [0.15, 0.2) is 5.82 Å². The highest BCUT2D eigenvalue weighted by molar-refractivity contribution is 6.32. The Balaban J connectivity index is 1.64. The molecule has 0 amide bonds. The van der Waals surface area contributed by atoms with Gasteiger partial charge in [-0.05, 0) is 49.0 Å². The summed E-state index contributed by atoms with van der Waals surface area (Å²) in [5, 5.41) is 0.431. The molecule has 1 aromatic heterocycles. The molecule has 0 aliphatic carbocycles. The van der Waals surface area contributed by atoms with Crippen LogP contribution in [0.15, 0.2) is 54.7 Å². The van der Waals surface area contributed by atoms with Crippen LogP contribution in [-0.2, 0) is 6.61 Å². The Kier molecular flexibility index (Phi) is 7.99. The van der Waals surface area contributed by atoms with E-state index in [-0.39, 0.29) is 12.4 Å². The first-order chi connectivity index (χ1) is 14.6. The van der Waals surface area contributed by atoms with E-state index in [4.69, 9.17) is 21.1 Å². The number of halogens is 2. The molecule has 0 bridgehead atoms. The maximum absolute atomic E-state index is 13.3. The van der Waals surface area contributed by atoms with E-state index in [2.05, 4.69) is 28.7 Å². The predicted octanol–water partition coefficient (Wildman–Crippen LogP) is 5.24. The molecule has 30 heavy (non-hydrogen) atoms. The van der Waals surface area contributed by atoms with E-state index >= 15 is 0 Å². The molecule has 0 aliphatic heterocycles. The second kappa shape index (κ2) is 10.9. The molecule has 0 saturated heterocycles. The minimum absolute atomic E-state index is 0.225. The van der Waals surface area contributed by atoms with Gasteiger partial charge in [0, 0.05) is 24.4 Å². The Morgan fingerprint density at radius 2 is 1.87 bits per heavy atom. The lowest BCUT2D eigenvalue weighted by Crippen LogP contribution is -2.28. The number of benzene rings is 2. The molecule has 0 spiro atoms. The van der Waals surface area contributed by atoms with Crippen molar-refractivity contribution in [3.05, 3.63) is 71.1 Å². The largest absolute Gasteiger partial charge is 0.487 e. The third-order valence-corrected chi connectivity index (χ3v) is 4.95. The van der Waals surface area contributed by atoms with Gasteiger partial charge in [0.1, 0.15) is 24.8 Å². The van der Waals surface area contributed by atoms with Crippen LogP contribution in [-0.4, -0.2) is 41.1 Å². The monoisotopic (exact) mass is 429 g/mol. The lowest BCUT2D eigenvalue weighted by Gasteiger charge is -2.17. The fraction of sp³-hybridized carbons (Fsp3) is 0.304. The van der Waals surface area contributed by atoms with Crippen molar-refractivity contribution in [2.75, 3.05) is 26.2 Å². The van der Waals surface area contributed by atoms with Gasteiger partial charge in [0.2, 0.25) is 5.88 Å². The molecule has 0 N–H and O–H groups in total. The number of likely N-dealkylation sites (N-methyl/N-ethyl adjacent to an activating group) is 1. The third kappa shape index (κ3) is 6.15. The lowest BCUT2D eigenvalue weighted by atomic mass is 10.2. The van der Waals surface area contributed by atoms with Gasteiger partial charge >= 0.3 is 0 Å². The van der Waals surface area contributed by atoms with Crippen LogP contribution in [0.4, 0.5) is 4.39 Å². The van der Waals surface area contributed by atoms with Gasteiger partial charge in [-0.25, -0.2) is 9.37 Å². The fourth-order valence-corrected chi connectivity index (χ4v) is 3.16. The Labute approximate surface area is 181 Å². The van der Waals surface area contributed by atoms with Gasteiger partial charge in [-0.15, -0.1) is 0 Å². The highest BCUT2D eigenvalue weighted by atomic mass is 35.5. The van der Waals surface area contributed by atoms with Crippen molar-refractivity contribution in [1.82, 2.24) is 14.9 Å². The molecule has 158 valence electrons. The van der Waals surface area contributed by atoms with Crippen LogP contribution in [0, 0.1) is 5.82 Å². The maximum Gasteiger partial charge on any atom is 0.216 e. The highest BCUT2D eigenvalue weighted by Gasteiger charge is 2.09. The number of ether oxygens (including phenoxy) is 2.